The molecule has 0 unspecified atom stereocenters. The second kappa shape index (κ2) is 7.58. The minimum absolute atomic E-state index is 0.0578. The molecule has 0 aliphatic heterocycles. The second-order valence-electron chi connectivity index (χ2n) is 7.73. The fourth-order valence-corrected chi connectivity index (χ4v) is 3.41. The molecule has 1 fully saturated rings. The van der Waals surface area contributed by atoms with Crippen LogP contribution in [0.15, 0.2) is 29.6 Å². The zero-order valence-corrected chi connectivity index (χ0v) is 16.3. The molecule has 0 saturated heterocycles. The molecule has 2 N–H and O–H groups in total. The van der Waals surface area contributed by atoms with E-state index in [1.54, 1.807) is 0 Å². The third-order valence-electron chi connectivity index (χ3n) is 4.41. The Kier molecular flexibility index (Phi) is 5.41. The van der Waals surface area contributed by atoms with Gasteiger partial charge in [0.25, 0.3) is 5.91 Å². The summed E-state index contributed by atoms with van der Waals surface area (Å²) in [5.74, 6) is 0.287. The van der Waals surface area contributed by atoms with Crippen molar-refractivity contribution in [3.63, 3.8) is 0 Å². The van der Waals surface area contributed by atoms with Gasteiger partial charge in [0.05, 0.1) is 5.69 Å². The van der Waals surface area contributed by atoms with Gasteiger partial charge >= 0.3 is 0 Å². The number of benzene rings is 1. The van der Waals surface area contributed by atoms with Crippen LogP contribution < -0.4 is 10.6 Å². The van der Waals surface area contributed by atoms with Gasteiger partial charge in [-0.15, -0.1) is 11.3 Å². The van der Waals surface area contributed by atoms with Gasteiger partial charge in [0, 0.05) is 29.8 Å². The summed E-state index contributed by atoms with van der Waals surface area (Å²) in [5, 5.41) is 8.24. The van der Waals surface area contributed by atoms with Crippen molar-refractivity contribution in [1.29, 1.82) is 0 Å². The Hall–Kier alpha value is -2.21. The SMILES string of the molecule is CC(C)(C)c1ccc(C(=O)NCCC(=O)Nc2nc(C3CC3)cs2)cc1. The van der Waals surface area contributed by atoms with Gasteiger partial charge < -0.3 is 10.6 Å². The molecule has 5 nitrogen and oxygen atoms in total. The van der Waals surface area contributed by atoms with Gasteiger partial charge in [-0.1, -0.05) is 32.9 Å². The Balaban J connectivity index is 1.43. The number of nitrogens with one attached hydrogen (secondary N) is 2. The topological polar surface area (TPSA) is 71.1 Å². The lowest BCUT2D eigenvalue weighted by molar-refractivity contribution is -0.116. The van der Waals surface area contributed by atoms with E-state index in [2.05, 4.69) is 36.4 Å². The molecule has 0 radical (unpaired) electrons. The van der Waals surface area contributed by atoms with Crippen LogP contribution in [-0.2, 0) is 10.2 Å². The predicted molar refractivity (Wildman–Crippen MR) is 105 cm³/mol. The average Bonchev–Trinajstić information content (AvgIpc) is 3.34. The molecule has 1 aliphatic rings. The minimum Gasteiger partial charge on any atom is -0.352 e. The molecule has 0 atom stereocenters. The van der Waals surface area contributed by atoms with Gasteiger partial charge in [-0.25, -0.2) is 4.98 Å². The fraction of sp³-hybridized carbons (Fsp3) is 0.450. The van der Waals surface area contributed by atoms with E-state index in [-0.39, 0.29) is 23.7 Å². The zero-order valence-electron chi connectivity index (χ0n) is 15.5. The summed E-state index contributed by atoms with van der Waals surface area (Å²) in [6, 6.07) is 7.60. The van der Waals surface area contributed by atoms with Crippen molar-refractivity contribution in [2.75, 3.05) is 11.9 Å². The third kappa shape index (κ3) is 4.91. The highest BCUT2D eigenvalue weighted by Gasteiger charge is 2.26. The number of rotatable bonds is 6. The highest BCUT2D eigenvalue weighted by atomic mass is 32.1. The maximum Gasteiger partial charge on any atom is 0.251 e. The minimum atomic E-state index is -0.163. The Bertz CT molecular complexity index is 786. The molecule has 2 aromatic rings. The van der Waals surface area contributed by atoms with Gasteiger partial charge in [-0.3, -0.25) is 9.59 Å². The van der Waals surface area contributed by atoms with E-state index in [9.17, 15) is 9.59 Å². The Labute approximate surface area is 158 Å². The third-order valence-corrected chi connectivity index (χ3v) is 5.19. The smallest absolute Gasteiger partial charge is 0.251 e. The number of aromatic nitrogens is 1. The van der Waals surface area contributed by atoms with E-state index in [1.165, 1.54) is 29.7 Å². The summed E-state index contributed by atoms with van der Waals surface area (Å²) in [5.41, 5.74) is 2.93. The van der Waals surface area contributed by atoms with Crippen LogP contribution in [0, 0.1) is 0 Å². The molecule has 138 valence electrons. The van der Waals surface area contributed by atoms with E-state index in [1.807, 2.05) is 29.6 Å². The Morgan fingerprint density at radius 1 is 1.19 bits per heavy atom. The first-order valence-electron chi connectivity index (χ1n) is 8.97. The van der Waals surface area contributed by atoms with Gasteiger partial charge in [0.1, 0.15) is 0 Å². The van der Waals surface area contributed by atoms with Crippen molar-refractivity contribution < 1.29 is 9.59 Å². The van der Waals surface area contributed by atoms with Crippen LogP contribution in [0.2, 0.25) is 0 Å². The first kappa shape index (κ1) is 18.6. The number of anilines is 1. The molecule has 1 heterocycles. The van der Waals surface area contributed by atoms with Crippen LogP contribution in [0.5, 0.6) is 0 Å². The highest BCUT2D eigenvalue weighted by molar-refractivity contribution is 7.13. The number of hydrogen-bond donors (Lipinski definition) is 2. The molecule has 1 saturated carbocycles. The lowest BCUT2D eigenvalue weighted by atomic mass is 9.87. The lowest BCUT2D eigenvalue weighted by Crippen LogP contribution is -2.27. The summed E-state index contributed by atoms with van der Waals surface area (Å²) in [6.45, 7) is 6.71. The molecule has 26 heavy (non-hydrogen) atoms. The summed E-state index contributed by atoms with van der Waals surface area (Å²) in [6.07, 6.45) is 2.62. The molecule has 0 spiro atoms. The number of carbonyl (C=O) groups is 2. The van der Waals surface area contributed by atoms with Gasteiger partial charge in [0.2, 0.25) is 5.91 Å². The van der Waals surface area contributed by atoms with Gasteiger partial charge in [-0.05, 0) is 36.0 Å². The van der Waals surface area contributed by atoms with Crippen LogP contribution in [0.25, 0.3) is 0 Å². The van der Waals surface area contributed by atoms with Crippen molar-refractivity contribution in [2.45, 2.75) is 51.4 Å². The number of hydrogen-bond acceptors (Lipinski definition) is 4. The van der Waals surface area contributed by atoms with Crippen LogP contribution in [0.3, 0.4) is 0 Å². The van der Waals surface area contributed by atoms with Gasteiger partial charge in [0.15, 0.2) is 5.13 Å². The highest BCUT2D eigenvalue weighted by Crippen LogP contribution is 2.40. The first-order chi connectivity index (χ1) is 12.3. The molecular formula is C20H25N3O2S. The second-order valence-corrected chi connectivity index (χ2v) is 8.59. The lowest BCUT2D eigenvalue weighted by Gasteiger charge is -2.19. The molecule has 1 aliphatic carbocycles. The van der Waals surface area contributed by atoms with Crippen LogP contribution in [0.1, 0.15) is 67.6 Å². The van der Waals surface area contributed by atoms with E-state index < -0.39 is 0 Å². The molecule has 2 amide bonds. The molecular weight excluding hydrogens is 346 g/mol. The first-order valence-corrected chi connectivity index (χ1v) is 9.85. The average molecular weight is 372 g/mol. The van der Waals surface area contributed by atoms with E-state index in [0.717, 1.165) is 5.69 Å². The van der Waals surface area contributed by atoms with E-state index in [0.29, 0.717) is 23.2 Å². The van der Waals surface area contributed by atoms with Crippen molar-refractivity contribution in [1.82, 2.24) is 10.3 Å². The quantitative estimate of drug-likeness (QED) is 0.804. The zero-order chi connectivity index (χ0) is 18.7. The summed E-state index contributed by atoms with van der Waals surface area (Å²) < 4.78 is 0. The maximum absolute atomic E-state index is 12.2. The van der Waals surface area contributed by atoms with Crippen molar-refractivity contribution in [2.24, 2.45) is 0 Å². The molecule has 0 bridgehead atoms. The Morgan fingerprint density at radius 2 is 1.88 bits per heavy atom. The summed E-state index contributed by atoms with van der Waals surface area (Å²) in [7, 11) is 0. The predicted octanol–water partition coefficient (Wildman–Crippen LogP) is 4.08. The van der Waals surface area contributed by atoms with Crippen LogP contribution >= 0.6 is 11.3 Å². The molecule has 6 heteroatoms. The Morgan fingerprint density at radius 3 is 2.50 bits per heavy atom. The van der Waals surface area contributed by atoms with Crippen LogP contribution in [0.4, 0.5) is 5.13 Å². The van der Waals surface area contributed by atoms with E-state index in [4.69, 9.17) is 0 Å². The monoisotopic (exact) mass is 371 g/mol. The number of carbonyl (C=O) groups excluding carboxylic acids is 2. The van der Waals surface area contributed by atoms with E-state index >= 15 is 0 Å². The maximum atomic E-state index is 12.2. The number of nitrogens with zero attached hydrogens (tertiary/aromatic N) is 1. The molecule has 1 aromatic heterocycles. The van der Waals surface area contributed by atoms with Crippen LogP contribution in [-0.4, -0.2) is 23.3 Å². The van der Waals surface area contributed by atoms with Gasteiger partial charge in [-0.2, -0.15) is 0 Å². The molecule has 1 aromatic carbocycles. The van der Waals surface area contributed by atoms with Crippen molar-refractivity contribution >= 4 is 28.3 Å². The summed E-state index contributed by atoms with van der Waals surface area (Å²) >= 11 is 1.46. The largest absolute Gasteiger partial charge is 0.352 e. The summed E-state index contributed by atoms with van der Waals surface area (Å²) in [4.78, 5) is 28.6. The number of thiazole rings is 1. The fourth-order valence-electron chi connectivity index (χ4n) is 2.61. The number of amides is 2. The standard InChI is InChI=1S/C20H25N3O2S/c1-20(2,3)15-8-6-14(7-9-15)18(25)21-11-10-17(24)23-19-22-16(12-26-19)13-4-5-13/h6-9,12-13H,4-5,10-11H2,1-3H3,(H,21,25)(H,22,23,24). The van der Waals surface area contributed by atoms with Crippen molar-refractivity contribution in [3.05, 3.63) is 46.5 Å². The van der Waals surface area contributed by atoms with Crippen molar-refractivity contribution in [3.8, 4) is 0 Å². The molecule has 3 rings (SSSR count). The normalized spacial score (nSPS) is 14.1.